The van der Waals surface area contributed by atoms with Gasteiger partial charge < -0.3 is 15.2 Å². The van der Waals surface area contributed by atoms with Crippen molar-refractivity contribution in [1.29, 1.82) is 0 Å². The summed E-state index contributed by atoms with van der Waals surface area (Å²) in [4.78, 5) is 11.3. The fraction of sp³-hybridized carbons (Fsp3) is 0.300. The SMILES string of the molecule is COC(=O)C1COc2cc(N)ccc21.Cl. The number of anilines is 1. The average Bonchev–Trinajstić information content (AvgIpc) is 2.59. The van der Waals surface area contributed by atoms with E-state index in [1.807, 2.05) is 0 Å². The van der Waals surface area contributed by atoms with Gasteiger partial charge in [0.1, 0.15) is 18.3 Å². The second-order valence-corrected chi connectivity index (χ2v) is 3.18. The van der Waals surface area contributed by atoms with Crippen molar-refractivity contribution in [3.8, 4) is 5.75 Å². The lowest BCUT2D eigenvalue weighted by Gasteiger charge is -2.05. The highest BCUT2D eigenvalue weighted by atomic mass is 35.5. The van der Waals surface area contributed by atoms with Crippen LogP contribution in [0, 0.1) is 0 Å². The zero-order valence-electron chi connectivity index (χ0n) is 8.23. The smallest absolute Gasteiger partial charge is 0.316 e. The molecular weight excluding hydrogens is 218 g/mol. The van der Waals surface area contributed by atoms with Crippen LogP contribution in [0.4, 0.5) is 5.69 Å². The summed E-state index contributed by atoms with van der Waals surface area (Å²) in [5.41, 5.74) is 7.08. The Kier molecular flexibility index (Phi) is 3.42. The minimum absolute atomic E-state index is 0. The monoisotopic (exact) mass is 229 g/mol. The molecule has 0 aliphatic carbocycles. The Morgan fingerprint density at radius 1 is 1.60 bits per heavy atom. The summed E-state index contributed by atoms with van der Waals surface area (Å²) < 4.78 is 10.0. The van der Waals surface area contributed by atoms with Gasteiger partial charge in [0.05, 0.1) is 7.11 Å². The Morgan fingerprint density at radius 2 is 2.33 bits per heavy atom. The van der Waals surface area contributed by atoms with E-state index in [0.717, 1.165) is 5.56 Å². The van der Waals surface area contributed by atoms with Crippen molar-refractivity contribution < 1.29 is 14.3 Å². The first-order valence-electron chi connectivity index (χ1n) is 4.32. The molecule has 1 aliphatic heterocycles. The first-order chi connectivity index (χ1) is 6.72. The van der Waals surface area contributed by atoms with Gasteiger partial charge in [0.15, 0.2) is 0 Å². The van der Waals surface area contributed by atoms with Gasteiger partial charge in [-0.3, -0.25) is 4.79 Å². The number of methoxy groups -OCH3 is 1. The summed E-state index contributed by atoms with van der Waals surface area (Å²) in [5.74, 6) is 0.101. The molecule has 15 heavy (non-hydrogen) atoms. The molecule has 0 spiro atoms. The van der Waals surface area contributed by atoms with Crippen LogP contribution in [0.3, 0.4) is 0 Å². The van der Waals surface area contributed by atoms with Gasteiger partial charge in [-0.25, -0.2) is 0 Å². The molecule has 0 amide bonds. The second kappa shape index (κ2) is 4.40. The number of fused-ring (bicyclic) bond motifs is 1. The summed E-state index contributed by atoms with van der Waals surface area (Å²) in [7, 11) is 1.37. The second-order valence-electron chi connectivity index (χ2n) is 3.18. The van der Waals surface area contributed by atoms with Crippen LogP contribution in [0.15, 0.2) is 18.2 Å². The van der Waals surface area contributed by atoms with Gasteiger partial charge in [-0.2, -0.15) is 0 Å². The molecule has 0 saturated carbocycles. The summed E-state index contributed by atoms with van der Waals surface area (Å²) >= 11 is 0. The Balaban J connectivity index is 0.00000112. The maximum absolute atomic E-state index is 11.3. The molecule has 0 bridgehead atoms. The number of hydrogen-bond acceptors (Lipinski definition) is 4. The molecular formula is C10H12ClNO3. The van der Waals surface area contributed by atoms with Crippen molar-refractivity contribution in [3.05, 3.63) is 23.8 Å². The lowest BCUT2D eigenvalue weighted by atomic mass is 10.0. The molecule has 0 radical (unpaired) electrons. The van der Waals surface area contributed by atoms with E-state index < -0.39 is 0 Å². The highest BCUT2D eigenvalue weighted by molar-refractivity contribution is 5.85. The number of benzene rings is 1. The Bertz CT molecular complexity index is 381. The van der Waals surface area contributed by atoms with Gasteiger partial charge >= 0.3 is 5.97 Å². The molecule has 1 aromatic rings. The van der Waals surface area contributed by atoms with Crippen molar-refractivity contribution >= 4 is 24.1 Å². The maximum atomic E-state index is 11.3. The molecule has 4 nitrogen and oxygen atoms in total. The van der Waals surface area contributed by atoms with Gasteiger partial charge in [-0.05, 0) is 6.07 Å². The topological polar surface area (TPSA) is 61.5 Å². The Morgan fingerprint density at radius 3 is 3.00 bits per heavy atom. The van der Waals surface area contributed by atoms with Gasteiger partial charge in [0, 0.05) is 17.3 Å². The number of hydrogen-bond donors (Lipinski definition) is 1. The average molecular weight is 230 g/mol. The molecule has 1 aliphatic rings. The molecule has 2 rings (SSSR count). The van der Waals surface area contributed by atoms with E-state index in [2.05, 4.69) is 4.74 Å². The van der Waals surface area contributed by atoms with Crippen LogP contribution >= 0.6 is 12.4 Å². The molecule has 0 fully saturated rings. The fourth-order valence-electron chi connectivity index (χ4n) is 1.56. The summed E-state index contributed by atoms with van der Waals surface area (Å²) in [6.45, 7) is 0.339. The molecule has 0 saturated heterocycles. The van der Waals surface area contributed by atoms with Gasteiger partial charge in [-0.1, -0.05) is 6.07 Å². The van der Waals surface area contributed by atoms with E-state index in [9.17, 15) is 4.79 Å². The third-order valence-electron chi connectivity index (χ3n) is 2.30. The van der Waals surface area contributed by atoms with Crippen molar-refractivity contribution in [2.45, 2.75) is 5.92 Å². The quantitative estimate of drug-likeness (QED) is 0.583. The van der Waals surface area contributed by atoms with Crippen LogP contribution in [0.2, 0.25) is 0 Å². The van der Waals surface area contributed by atoms with Crippen LogP contribution < -0.4 is 10.5 Å². The number of nitrogens with two attached hydrogens (primary N) is 1. The molecule has 1 unspecified atom stereocenters. The van der Waals surface area contributed by atoms with Crippen molar-refractivity contribution in [2.24, 2.45) is 0 Å². The molecule has 1 atom stereocenters. The van der Waals surface area contributed by atoms with E-state index in [1.54, 1.807) is 18.2 Å². The van der Waals surface area contributed by atoms with Crippen LogP contribution in [0.1, 0.15) is 11.5 Å². The van der Waals surface area contributed by atoms with Crippen LogP contribution in [0.5, 0.6) is 5.75 Å². The number of rotatable bonds is 1. The summed E-state index contributed by atoms with van der Waals surface area (Å²) in [5, 5.41) is 0. The number of carbonyl (C=O) groups excluding carboxylic acids is 1. The van der Waals surface area contributed by atoms with Gasteiger partial charge in [-0.15, -0.1) is 12.4 Å². The van der Waals surface area contributed by atoms with E-state index in [1.165, 1.54) is 7.11 Å². The lowest BCUT2D eigenvalue weighted by Crippen LogP contribution is -2.15. The van der Waals surface area contributed by atoms with Gasteiger partial charge in [0.2, 0.25) is 0 Å². The van der Waals surface area contributed by atoms with Crippen molar-refractivity contribution in [2.75, 3.05) is 19.5 Å². The Labute approximate surface area is 93.8 Å². The standard InChI is InChI=1S/C10H11NO3.ClH/c1-13-10(12)8-5-14-9-4-6(11)2-3-7(8)9;/h2-4,8H,5,11H2,1H3;1H. The lowest BCUT2D eigenvalue weighted by molar-refractivity contribution is -0.142. The van der Waals surface area contributed by atoms with Crippen molar-refractivity contribution in [1.82, 2.24) is 0 Å². The number of halogens is 1. The number of carbonyl (C=O) groups is 1. The van der Waals surface area contributed by atoms with E-state index in [-0.39, 0.29) is 24.3 Å². The Hall–Kier alpha value is -1.42. The molecule has 5 heteroatoms. The maximum Gasteiger partial charge on any atom is 0.316 e. The van der Waals surface area contributed by atoms with Crippen LogP contribution in [-0.2, 0) is 9.53 Å². The van der Waals surface area contributed by atoms with E-state index in [0.29, 0.717) is 18.0 Å². The number of ether oxygens (including phenoxy) is 2. The summed E-state index contributed by atoms with van der Waals surface area (Å²) in [6.07, 6.45) is 0. The largest absolute Gasteiger partial charge is 0.492 e. The van der Waals surface area contributed by atoms with E-state index >= 15 is 0 Å². The highest BCUT2D eigenvalue weighted by Crippen LogP contribution is 2.35. The fourth-order valence-corrected chi connectivity index (χ4v) is 1.56. The summed E-state index contributed by atoms with van der Waals surface area (Å²) in [6, 6.07) is 5.28. The number of nitrogen functional groups attached to an aromatic ring is 1. The zero-order valence-corrected chi connectivity index (χ0v) is 9.04. The predicted octanol–water partition coefficient (Wildman–Crippen LogP) is 1.34. The number of esters is 1. The third kappa shape index (κ3) is 1.99. The molecule has 1 heterocycles. The molecule has 1 aromatic carbocycles. The third-order valence-corrected chi connectivity index (χ3v) is 2.30. The predicted molar refractivity (Wildman–Crippen MR) is 58.4 cm³/mol. The zero-order chi connectivity index (χ0) is 10.1. The van der Waals surface area contributed by atoms with Crippen LogP contribution in [-0.4, -0.2) is 19.7 Å². The van der Waals surface area contributed by atoms with Crippen LogP contribution in [0.25, 0.3) is 0 Å². The van der Waals surface area contributed by atoms with Gasteiger partial charge in [0.25, 0.3) is 0 Å². The normalized spacial score (nSPS) is 17.3. The first-order valence-corrected chi connectivity index (χ1v) is 4.32. The minimum atomic E-state index is -0.310. The molecule has 82 valence electrons. The van der Waals surface area contributed by atoms with E-state index in [4.69, 9.17) is 10.5 Å². The molecule has 0 aromatic heterocycles. The first kappa shape index (κ1) is 11.7. The minimum Gasteiger partial charge on any atom is -0.492 e. The highest BCUT2D eigenvalue weighted by Gasteiger charge is 2.30. The van der Waals surface area contributed by atoms with Crippen molar-refractivity contribution in [3.63, 3.8) is 0 Å². The molecule has 2 N–H and O–H groups in total.